The Morgan fingerprint density at radius 1 is 1.38 bits per heavy atom. The predicted molar refractivity (Wildman–Crippen MR) is 73.8 cm³/mol. The summed E-state index contributed by atoms with van der Waals surface area (Å²) in [4.78, 5) is 28.9. The zero-order chi connectivity index (χ0) is 15.4. The van der Waals surface area contributed by atoms with Crippen molar-refractivity contribution in [1.29, 1.82) is 0 Å². The minimum atomic E-state index is -1.18. The smallest absolute Gasteiger partial charge is 0.405 e. The van der Waals surface area contributed by atoms with Crippen LogP contribution in [0.15, 0.2) is 16.8 Å². The molecule has 21 heavy (non-hydrogen) atoms. The second-order valence-electron chi connectivity index (χ2n) is 4.18. The van der Waals surface area contributed by atoms with Crippen molar-refractivity contribution in [2.75, 3.05) is 13.2 Å². The quantitative estimate of drug-likeness (QED) is 0.600. The molecule has 2 rings (SSSR count). The fourth-order valence-electron chi connectivity index (χ4n) is 2.07. The second-order valence-corrected chi connectivity index (χ2v) is 4.96. The van der Waals surface area contributed by atoms with E-state index in [-0.39, 0.29) is 23.8 Å². The summed E-state index contributed by atoms with van der Waals surface area (Å²) in [6.45, 7) is 3.56. The van der Waals surface area contributed by atoms with Gasteiger partial charge in [0.15, 0.2) is 6.10 Å². The fourth-order valence-corrected chi connectivity index (χ4v) is 2.77. The summed E-state index contributed by atoms with van der Waals surface area (Å²) in [6, 6.07) is 1.73. The van der Waals surface area contributed by atoms with Gasteiger partial charge in [0, 0.05) is 0 Å². The minimum Gasteiger partial charge on any atom is -0.465 e. The van der Waals surface area contributed by atoms with Gasteiger partial charge >= 0.3 is 17.7 Å². The SMILES string of the molecule is CCOC(=O)C1=[N+]([O-])OC(C(=O)OCC)C1c1ccsc1. The second kappa shape index (κ2) is 6.57. The molecule has 2 atom stereocenters. The first kappa shape index (κ1) is 15.3. The highest BCUT2D eigenvalue weighted by Gasteiger charge is 2.50. The zero-order valence-corrected chi connectivity index (χ0v) is 12.4. The van der Waals surface area contributed by atoms with Crippen molar-refractivity contribution in [2.24, 2.45) is 0 Å². The molecule has 0 amide bonds. The van der Waals surface area contributed by atoms with E-state index in [0.717, 1.165) is 0 Å². The van der Waals surface area contributed by atoms with Crippen LogP contribution in [0.4, 0.5) is 0 Å². The summed E-state index contributed by atoms with van der Waals surface area (Å²) in [5, 5.41) is 15.4. The van der Waals surface area contributed by atoms with Gasteiger partial charge in [-0.3, -0.25) is 10.0 Å². The van der Waals surface area contributed by atoms with Crippen LogP contribution in [0.3, 0.4) is 0 Å². The van der Waals surface area contributed by atoms with E-state index in [9.17, 15) is 14.8 Å². The molecule has 2 heterocycles. The van der Waals surface area contributed by atoms with Crippen LogP contribution in [0, 0.1) is 5.21 Å². The van der Waals surface area contributed by atoms with E-state index in [1.807, 2.05) is 0 Å². The molecular formula is C13H15NO6S. The van der Waals surface area contributed by atoms with Crippen molar-refractivity contribution in [1.82, 2.24) is 0 Å². The molecule has 1 aliphatic rings. The van der Waals surface area contributed by atoms with Crippen LogP contribution in [0.25, 0.3) is 0 Å². The largest absolute Gasteiger partial charge is 0.465 e. The summed E-state index contributed by atoms with van der Waals surface area (Å²) < 4.78 is 9.77. The third-order valence-corrected chi connectivity index (χ3v) is 3.61. The van der Waals surface area contributed by atoms with E-state index in [0.29, 0.717) is 5.56 Å². The first-order valence-corrected chi connectivity index (χ1v) is 7.41. The Morgan fingerprint density at radius 3 is 2.67 bits per heavy atom. The van der Waals surface area contributed by atoms with Gasteiger partial charge < -0.3 is 14.3 Å². The summed E-state index contributed by atoms with van der Waals surface area (Å²) in [5.74, 6) is -2.31. The van der Waals surface area contributed by atoms with Gasteiger partial charge in [-0.25, -0.2) is 4.79 Å². The third-order valence-electron chi connectivity index (χ3n) is 2.91. The number of carbonyl (C=O) groups is 2. The number of esters is 2. The van der Waals surface area contributed by atoms with Crippen molar-refractivity contribution < 1.29 is 28.8 Å². The molecule has 1 aromatic heterocycles. The van der Waals surface area contributed by atoms with E-state index in [1.165, 1.54) is 11.3 Å². The van der Waals surface area contributed by atoms with Crippen LogP contribution in [0.2, 0.25) is 0 Å². The van der Waals surface area contributed by atoms with E-state index in [4.69, 9.17) is 14.3 Å². The topological polar surface area (TPSA) is 87.9 Å². The lowest BCUT2D eigenvalue weighted by Crippen LogP contribution is -2.34. The number of ether oxygens (including phenoxy) is 2. The van der Waals surface area contributed by atoms with Crippen molar-refractivity contribution in [2.45, 2.75) is 25.9 Å². The Balaban J connectivity index is 2.36. The lowest BCUT2D eigenvalue weighted by Gasteiger charge is -2.16. The first-order valence-electron chi connectivity index (χ1n) is 6.46. The number of rotatable bonds is 5. The summed E-state index contributed by atoms with van der Waals surface area (Å²) >= 11 is 1.39. The molecule has 0 radical (unpaired) electrons. The Kier molecular flexibility index (Phi) is 4.79. The zero-order valence-electron chi connectivity index (χ0n) is 11.6. The van der Waals surface area contributed by atoms with Crippen LogP contribution >= 0.6 is 11.3 Å². The highest BCUT2D eigenvalue weighted by molar-refractivity contribution is 7.08. The van der Waals surface area contributed by atoms with Gasteiger partial charge in [-0.1, -0.05) is 0 Å². The molecule has 2 unspecified atom stereocenters. The monoisotopic (exact) mass is 313 g/mol. The summed E-state index contributed by atoms with van der Waals surface area (Å²) in [7, 11) is 0. The Labute approximate surface area is 125 Å². The number of nitrogens with zero attached hydrogens (tertiary/aromatic N) is 1. The molecule has 1 aromatic rings. The highest BCUT2D eigenvalue weighted by atomic mass is 32.1. The normalized spacial score (nSPS) is 21.0. The molecule has 0 spiro atoms. The summed E-state index contributed by atoms with van der Waals surface area (Å²) in [6.07, 6.45) is -1.18. The molecule has 0 saturated heterocycles. The number of hydrogen-bond acceptors (Lipinski definition) is 7. The average molecular weight is 313 g/mol. The number of hydrogen-bond donors (Lipinski definition) is 0. The molecule has 0 N–H and O–H groups in total. The van der Waals surface area contributed by atoms with E-state index in [1.54, 1.807) is 30.7 Å². The van der Waals surface area contributed by atoms with E-state index in [2.05, 4.69) is 0 Å². The van der Waals surface area contributed by atoms with Gasteiger partial charge in [-0.05, 0) is 36.2 Å². The molecule has 0 bridgehead atoms. The van der Waals surface area contributed by atoms with Crippen molar-refractivity contribution in [3.63, 3.8) is 0 Å². The van der Waals surface area contributed by atoms with Crippen LogP contribution in [-0.2, 0) is 23.9 Å². The van der Waals surface area contributed by atoms with Gasteiger partial charge in [0.25, 0.3) is 0 Å². The van der Waals surface area contributed by atoms with Gasteiger partial charge in [-0.2, -0.15) is 11.3 Å². The fraction of sp³-hybridized carbons (Fsp3) is 0.462. The average Bonchev–Trinajstić information content (AvgIpc) is 3.05. The van der Waals surface area contributed by atoms with E-state index >= 15 is 0 Å². The Hall–Kier alpha value is -2.09. The van der Waals surface area contributed by atoms with Crippen molar-refractivity contribution in [3.05, 3.63) is 27.6 Å². The lowest BCUT2D eigenvalue weighted by molar-refractivity contribution is -0.736. The molecule has 7 nitrogen and oxygen atoms in total. The highest BCUT2D eigenvalue weighted by Crippen LogP contribution is 2.31. The van der Waals surface area contributed by atoms with E-state index < -0.39 is 24.0 Å². The first-order chi connectivity index (χ1) is 10.1. The number of carbonyl (C=O) groups excluding carboxylic acids is 2. The summed E-state index contributed by atoms with van der Waals surface area (Å²) in [5.41, 5.74) is 0.396. The molecular weight excluding hydrogens is 298 g/mol. The van der Waals surface area contributed by atoms with Gasteiger partial charge in [-0.15, -0.1) is 0 Å². The van der Waals surface area contributed by atoms with Crippen molar-refractivity contribution >= 4 is 29.0 Å². The number of thiophene rings is 1. The maximum Gasteiger partial charge on any atom is 0.405 e. The maximum absolute atomic E-state index is 12.0. The molecule has 114 valence electrons. The standard InChI is InChI=1S/C13H15NO6S/c1-3-18-12(15)10-9(8-5-6-21-7-8)11(20-14(10)17)13(16)19-4-2/h5-7,9,11H,3-4H2,1-2H3. The minimum absolute atomic E-state index is 0.0575. The maximum atomic E-state index is 12.0. The molecule has 1 aliphatic heterocycles. The van der Waals surface area contributed by atoms with Crippen molar-refractivity contribution in [3.8, 4) is 0 Å². The predicted octanol–water partition coefficient (Wildman–Crippen LogP) is 1.22. The van der Waals surface area contributed by atoms with Gasteiger partial charge in [0.1, 0.15) is 5.92 Å². The molecule has 0 fully saturated rings. The molecule has 8 heteroatoms. The Morgan fingerprint density at radius 2 is 2.10 bits per heavy atom. The van der Waals surface area contributed by atoms with Crippen LogP contribution in [0.1, 0.15) is 25.3 Å². The van der Waals surface area contributed by atoms with Crippen LogP contribution < -0.4 is 0 Å². The van der Waals surface area contributed by atoms with Gasteiger partial charge in [0.05, 0.1) is 18.1 Å². The lowest BCUT2D eigenvalue weighted by atomic mass is 9.91. The molecule has 0 aliphatic carbocycles. The van der Waals surface area contributed by atoms with Crippen LogP contribution in [-0.4, -0.2) is 41.9 Å². The molecule has 0 aromatic carbocycles. The van der Waals surface area contributed by atoms with Gasteiger partial charge in [0.2, 0.25) is 0 Å². The molecule has 0 saturated carbocycles. The third kappa shape index (κ3) is 2.99. The Bertz CT molecular complexity index is 553. The van der Waals surface area contributed by atoms with Crippen LogP contribution in [0.5, 0.6) is 0 Å².